The van der Waals surface area contributed by atoms with Gasteiger partial charge in [-0.25, -0.2) is 0 Å². The maximum Gasteiger partial charge on any atom is 0.416 e. The van der Waals surface area contributed by atoms with Crippen molar-refractivity contribution in [3.05, 3.63) is 35.4 Å². The van der Waals surface area contributed by atoms with Crippen LogP contribution in [-0.2, 0) is 21.3 Å². The quantitative estimate of drug-likeness (QED) is 0.642. The van der Waals surface area contributed by atoms with Gasteiger partial charge in [0, 0.05) is 0 Å². The van der Waals surface area contributed by atoms with Gasteiger partial charge in [-0.15, -0.1) is 0 Å². The SMILES string of the molecule is CC1NC(=O)CC(C(=O)N[C@](C)(CO)c2ccc(C(F)(F)F)cc2)N1. The van der Waals surface area contributed by atoms with E-state index in [1.54, 1.807) is 6.92 Å². The van der Waals surface area contributed by atoms with E-state index in [9.17, 15) is 27.9 Å². The first-order chi connectivity index (χ1) is 11.5. The van der Waals surface area contributed by atoms with Crippen molar-refractivity contribution in [1.29, 1.82) is 0 Å². The molecule has 138 valence electrons. The first kappa shape index (κ1) is 19.2. The number of rotatable bonds is 4. The highest BCUT2D eigenvalue weighted by Crippen LogP contribution is 2.31. The summed E-state index contributed by atoms with van der Waals surface area (Å²) in [6, 6.07) is 3.42. The maximum absolute atomic E-state index is 12.7. The minimum absolute atomic E-state index is 0.0648. The van der Waals surface area contributed by atoms with Gasteiger partial charge in [0.1, 0.15) is 0 Å². The van der Waals surface area contributed by atoms with Crippen molar-refractivity contribution < 1.29 is 27.9 Å². The second-order valence-electron chi connectivity index (χ2n) is 6.27. The topological polar surface area (TPSA) is 90.5 Å². The molecule has 1 aromatic carbocycles. The summed E-state index contributed by atoms with van der Waals surface area (Å²) < 4.78 is 38.0. The Labute approximate surface area is 142 Å². The van der Waals surface area contributed by atoms with E-state index in [0.717, 1.165) is 12.1 Å². The molecule has 2 unspecified atom stereocenters. The number of benzene rings is 1. The Morgan fingerprint density at radius 3 is 2.32 bits per heavy atom. The summed E-state index contributed by atoms with van der Waals surface area (Å²) in [7, 11) is 0. The van der Waals surface area contributed by atoms with E-state index in [-0.39, 0.29) is 18.5 Å². The zero-order chi connectivity index (χ0) is 18.8. The van der Waals surface area contributed by atoms with E-state index in [1.165, 1.54) is 19.1 Å². The number of aliphatic hydroxyl groups is 1. The number of carbonyl (C=O) groups excluding carboxylic acids is 2. The average molecular weight is 359 g/mol. The first-order valence-corrected chi connectivity index (χ1v) is 7.71. The lowest BCUT2D eigenvalue weighted by atomic mass is 9.91. The molecule has 2 rings (SSSR count). The summed E-state index contributed by atoms with van der Waals surface area (Å²) in [5.41, 5.74) is -1.77. The van der Waals surface area contributed by atoms with Crippen molar-refractivity contribution in [2.45, 2.75) is 44.2 Å². The van der Waals surface area contributed by atoms with Gasteiger partial charge >= 0.3 is 6.18 Å². The van der Waals surface area contributed by atoms with Gasteiger partial charge < -0.3 is 15.7 Å². The number of alkyl halides is 3. The number of carbonyl (C=O) groups is 2. The zero-order valence-electron chi connectivity index (χ0n) is 13.8. The third-order valence-electron chi connectivity index (χ3n) is 4.10. The third-order valence-corrected chi connectivity index (χ3v) is 4.10. The zero-order valence-corrected chi connectivity index (χ0v) is 13.8. The highest BCUT2D eigenvalue weighted by Gasteiger charge is 2.35. The fourth-order valence-corrected chi connectivity index (χ4v) is 2.65. The van der Waals surface area contributed by atoms with Crippen LogP contribution >= 0.6 is 0 Å². The van der Waals surface area contributed by atoms with Crippen LogP contribution in [0.2, 0.25) is 0 Å². The van der Waals surface area contributed by atoms with Gasteiger partial charge in [-0.05, 0) is 31.5 Å². The molecule has 1 aliphatic heterocycles. The van der Waals surface area contributed by atoms with E-state index in [4.69, 9.17) is 0 Å². The molecular weight excluding hydrogens is 339 g/mol. The molecule has 4 N–H and O–H groups in total. The van der Waals surface area contributed by atoms with E-state index in [0.29, 0.717) is 5.56 Å². The predicted octanol–water partition coefficient (Wildman–Crippen LogP) is 0.853. The summed E-state index contributed by atoms with van der Waals surface area (Å²) in [6.45, 7) is 2.66. The Hall–Kier alpha value is -2.13. The summed E-state index contributed by atoms with van der Waals surface area (Å²) in [4.78, 5) is 24.0. The Morgan fingerprint density at radius 2 is 1.84 bits per heavy atom. The third kappa shape index (κ3) is 4.49. The molecule has 0 saturated carbocycles. The van der Waals surface area contributed by atoms with Crippen molar-refractivity contribution in [3.8, 4) is 0 Å². The van der Waals surface area contributed by atoms with Gasteiger partial charge in [-0.2, -0.15) is 13.2 Å². The number of hydrogen-bond acceptors (Lipinski definition) is 4. The van der Waals surface area contributed by atoms with Crippen LogP contribution in [0.3, 0.4) is 0 Å². The van der Waals surface area contributed by atoms with Crippen molar-refractivity contribution in [2.75, 3.05) is 6.61 Å². The van der Waals surface area contributed by atoms with Crippen molar-refractivity contribution in [2.24, 2.45) is 0 Å². The van der Waals surface area contributed by atoms with Crippen LogP contribution in [0.15, 0.2) is 24.3 Å². The molecule has 1 aliphatic rings. The number of nitrogens with one attached hydrogen (secondary N) is 3. The molecule has 1 fully saturated rings. The van der Waals surface area contributed by atoms with Gasteiger partial charge in [-0.3, -0.25) is 14.9 Å². The molecule has 0 aliphatic carbocycles. The lowest BCUT2D eigenvalue weighted by Crippen LogP contribution is -2.61. The smallest absolute Gasteiger partial charge is 0.394 e. The highest BCUT2D eigenvalue weighted by atomic mass is 19.4. The highest BCUT2D eigenvalue weighted by molar-refractivity contribution is 5.90. The normalized spacial score (nSPS) is 23.5. The van der Waals surface area contributed by atoms with Gasteiger partial charge in [0.2, 0.25) is 11.8 Å². The van der Waals surface area contributed by atoms with Gasteiger partial charge in [0.15, 0.2) is 0 Å². The lowest BCUT2D eigenvalue weighted by Gasteiger charge is -2.34. The number of aliphatic hydroxyl groups excluding tert-OH is 1. The average Bonchev–Trinajstić information content (AvgIpc) is 2.53. The number of hydrogen-bond donors (Lipinski definition) is 4. The minimum Gasteiger partial charge on any atom is -0.394 e. The van der Waals surface area contributed by atoms with Crippen LogP contribution < -0.4 is 16.0 Å². The van der Waals surface area contributed by atoms with Crippen molar-refractivity contribution in [3.63, 3.8) is 0 Å². The first-order valence-electron chi connectivity index (χ1n) is 7.71. The predicted molar refractivity (Wildman–Crippen MR) is 83.2 cm³/mol. The van der Waals surface area contributed by atoms with E-state index < -0.39 is 35.8 Å². The summed E-state index contributed by atoms with van der Waals surface area (Å²) in [6.07, 6.45) is -4.92. The molecule has 0 bridgehead atoms. The van der Waals surface area contributed by atoms with Crippen LogP contribution in [0.25, 0.3) is 0 Å². The molecule has 0 aromatic heterocycles. The minimum atomic E-state index is -4.47. The van der Waals surface area contributed by atoms with Crippen LogP contribution in [-0.4, -0.2) is 35.7 Å². The Bertz CT molecular complexity index is 648. The van der Waals surface area contributed by atoms with Crippen LogP contribution in [0.4, 0.5) is 13.2 Å². The molecule has 2 amide bonds. The Balaban J connectivity index is 2.16. The second kappa shape index (κ2) is 7.01. The molecule has 6 nitrogen and oxygen atoms in total. The Kier molecular flexibility index (Phi) is 5.38. The summed E-state index contributed by atoms with van der Waals surface area (Å²) >= 11 is 0. The number of halogens is 3. The van der Waals surface area contributed by atoms with Gasteiger partial charge in [0.05, 0.1) is 36.3 Å². The maximum atomic E-state index is 12.7. The summed E-state index contributed by atoms with van der Waals surface area (Å²) in [5, 5.41) is 17.8. The molecule has 1 heterocycles. The molecule has 3 atom stereocenters. The molecule has 1 aromatic rings. The van der Waals surface area contributed by atoms with Crippen LogP contribution in [0, 0.1) is 0 Å². The fourth-order valence-electron chi connectivity index (χ4n) is 2.65. The Morgan fingerprint density at radius 1 is 1.28 bits per heavy atom. The van der Waals surface area contributed by atoms with Crippen molar-refractivity contribution >= 4 is 11.8 Å². The summed E-state index contributed by atoms with van der Waals surface area (Å²) in [5.74, 6) is -0.801. The molecule has 9 heteroatoms. The van der Waals surface area contributed by atoms with Crippen LogP contribution in [0.5, 0.6) is 0 Å². The van der Waals surface area contributed by atoms with E-state index in [1.807, 2.05) is 0 Å². The lowest BCUT2D eigenvalue weighted by molar-refractivity contribution is -0.137. The second-order valence-corrected chi connectivity index (χ2v) is 6.27. The van der Waals surface area contributed by atoms with Gasteiger partial charge in [-0.1, -0.05) is 12.1 Å². The van der Waals surface area contributed by atoms with E-state index >= 15 is 0 Å². The molecular formula is C16H20F3N3O3. The molecule has 1 saturated heterocycles. The number of amides is 2. The fraction of sp³-hybridized carbons (Fsp3) is 0.500. The molecule has 0 radical (unpaired) electrons. The van der Waals surface area contributed by atoms with Gasteiger partial charge in [0.25, 0.3) is 0 Å². The molecule has 0 spiro atoms. The standard InChI is InChI=1S/C16H20F3N3O3/c1-9-20-12(7-13(24)21-9)14(25)22-15(2,8-23)10-3-5-11(6-4-10)16(17,18)19/h3-6,9,12,20,23H,7-8H2,1-2H3,(H,21,24)(H,22,25)/t9?,12?,15-/m1/s1. The largest absolute Gasteiger partial charge is 0.416 e. The molecule has 25 heavy (non-hydrogen) atoms. The van der Waals surface area contributed by atoms with Crippen molar-refractivity contribution in [1.82, 2.24) is 16.0 Å². The van der Waals surface area contributed by atoms with E-state index in [2.05, 4.69) is 16.0 Å². The van der Waals surface area contributed by atoms with Crippen LogP contribution in [0.1, 0.15) is 31.4 Å². The monoisotopic (exact) mass is 359 g/mol.